The lowest BCUT2D eigenvalue weighted by molar-refractivity contribution is -0.147. The van der Waals surface area contributed by atoms with Gasteiger partial charge in [-0.25, -0.2) is 0 Å². The van der Waals surface area contributed by atoms with Gasteiger partial charge in [0.1, 0.15) is 5.54 Å². The van der Waals surface area contributed by atoms with Gasteiger partial charge in [-0.15, -0.1) is 0 Å². The molecule has 5 atom stereocenters. The molecule has 27 heavy (non-hydrogen) atoms. The lowest BCUT2D eigenvalue weighted by atomic mass is 9.75. The van der Waals surface area contributed by atoms with Gasteiger partial charge in [-0.3, -0.25) is 24.2 Å². The van der Waals surface area contributed by atoms with Crippen LogP contribution in [0.15, 0.2) is 18.2 Å². The van der Waals surface area contributed by atoms with Crippen molar-refractivity contribution in [3.63, 3.8) is 0 Å². The van der Waals surface area contributed by atoms with E-state index in [1.165, 1.54) is 4.90 Å². The van der Waals surface area contributed by atoms with E-state index in [9.17, 15) is 14.4 Å². The number of imide groups is 1. The van der Waals surface area contributed by atoms with E-state index in [1.54, 1.807) is 0 Å². The van der Waals surface area contributed by atoms with Crippen molar-refractivity contribution in [2.75, 3.05) is 11.9 Å². The molecule has 3 amide bonds. The average Bonchev–Trinajstić information content (AvgIpc) is 3.33. The molecule has 4 heterocycles. The predicted molar refractivity (Wildman–Crippen MR) is 99.8 cm³/mol. The van der Waals surface area contributed by atoms with Crippen LogP contribution in [0.5, 0.6) is 0 Å². The van der Waals surface area contributed by atoms with Gasteiger partial charge in [-0.05, 0) is 45.7 Å². The Labute approximate surface area is 158 Å². The maximum absolute atomic E-state index is 13.5. The van der Waals surface area contributed by atoms with Gasteiger partial charge in [0.25, 0.3) is 0 Å². The zero-order chi connectivity index (χ0) is 19.1. The monoisotopic (exact) mass is 367 g/mol. The lowest BCUT2D eigenvalue weighted by Crippen LogP contribution is -2.54. The number of anilines is 1. The molecule has 4 aliphatic rings. The van der Waals surface area contributed by atoms with Crippen molar-refractivity contribution in [2.45, 2.75) is 57.7 Å². The van der Waals surface area contributed by atoms with E-state index >= 15 is 0 Å². The number of nitrogens with one attached hydrogen (secondary N) is 1. The van der Waals surface area contributed by atoms with Crippen LogP contribution in [0, 0.1) is 18.8 Å². The first-order valence-electron chi connectivity index (χ1n) is 9.99. The Bertz CT molecular complexity index is 881. The number of nitrogens with zero attached hydrogens (tertiary/aromatic N) is 2. The summed E-state index contributed by atoms with van der Waals surface area (Å²) < 4.78 is 0. The molecular formula is C21H25N3O3. The Morgan fingerprint density at radius 1 is 1.26 bits per heavy atom. The molecule has 0 unspecified atom stereocenters. The van der Waals surface area contributed by atoms with Crippen molar-refractivity contribution in [3.8, 4) is 0 Å². The number of aryl methyl sites for hydroxylation is 1. The molecular weight excluding hydrogens is 342 g/mol. The Kier molecular flexibility index (Phi) is 3.39. The first kappa shape index (κ1) is 16.9. The molecule has 4 aliphatic heterocycles. The third kappa shape index (κ3) is 1.82. The summed E-state index contributed by atoms with van der Waals surface area (Å²) >= 11 is 0. The molecule has 3 saturated heterocycles. The molecule has 1 spiro atoms. The summed E-state index contributed by atoms with van der Waals surface area (Å²) in [6, 6.07) is 5.75. The van der Waals surface area contributed by atoms with E-state index in [2.05, 4.69) is 10.2 Å². The van der Waals surface area contributed by atoms with Crippen molar-refractivity contribution < 1.29 is 14.4 Å². The SMILES string of the molecule is CC[C@@H](C)N1C(=O)[C@@H]2[C@H]3CCCN3[C@@]3(C(=O)Nc4ccc(C)cc43)[C@@H]2C1=O. The number of carbonyl (C=O) groups excluding carboxylic acids is 3. The summed E-state index contributed by atoms with van der Waals surface area (Å²) in [5, 5.41) is 3.01. The summed E-state index contributed by atoms with van der Waals surface area (Å²) in [5.41, 5.74) is 1.67. The first-order valence-corrected chi connectivity index (χ1v) is 9.99. The highest BCUT2D eigenvalue weighted by Gasteiger charge is 2.74. The maximum Gasteiger partial charge on any atom is 0.250 e. The van der Waals surface area contributed by atoms with Crippen LogP contribution < -0.4 is 5.32 Å². The van der Waals surface area contributed by atoms with E-state index in [1.807, 2.05) is 39.0 Å². The van der Waals surface area contributed by atoms with Crippen LogP contribution in [-0.4, -0.2) is 46.1 Å². The lowest BCUT2D eigenvalue weighted by Gasteiger charge is -2.37. The van der Waals surface area contributed by atoms with Gasteiger partial charge in [-0.2, -0.15) is 0 Å². The second kappa shape index (κ2) is 5.41. The van der Waals surface area contributed by atoms with Crippen molar-refractivity contribution >= 4 is 23.4 Å². The fraction of sp³-hybridized carbons (Fsp3) is 0.571. The number of amides is 3. The second-order valence-corrected chi connectivity index (χ2v) is 8.48. The third-order valence-electron chi connectivity index (χ3n) is 7.21. The minimum Gasteiger partial charge on any atom is -0.324 e. The normalized spacial score (nSPS) is 35.6. The fourth-order valence-electron chi connectivity index (χ4n) is 5.96. The second-order valence-electron chi connectivity index (χ2n) is 8.48. The quantitative estimate of drug-likeness (QED) is 0.812. The summed E-state index contributed by atoms with van der Waals surface area (Å²) in [5.74, 6) is -1.42. The summed E-state index contributed by atoms with van der Waals surface area (Å²) in [6.45, 7) is 6.65. The highest BCUT2D eigenvalue weighted by atomic mass is 16.2. The van der Waals surface area contributed by atoms with Crippen LogP contribution in [0.1, 0.15) is 44.2 Å². The van der Waals surface area contributed by atoms with Gasteiger partial charge in [0.15, 0.2) is 0 Å². The largest absolute Gasteiger partial charge is 0.324 e. The molecule has 6 heteroatoms. The van der Waals surface area contributed by atoms with Crippen LogP contribution >= 0.6 is 0 Å². The Hall–Kier alpha value is -2.21. The minimum atomic E-state index is -1.04. The van der Waals surface area contributed by atoms with Gasteiger partial charge >= 0.3 is 0 Å². The topological polar surface area (TPSA) is 69.7 Å². The Morgan fingerprint density at radius 3 is 2.78 bits per heavy atom. The van der Waals surface area contributed by atoms with Crippen LogP contribution in [-0.2, 0) is 19.9 Å². The highest BCUT2D eigenvalue weighted by Crippen LogP contribution is 2.60. The van der Waals surface area contributed by atoms with Gasteiger partial charge < -0.3 is 5.32 Å². The fourth-order valence-corrected chi connectivity index (χ4v) is 5.96. The molecule has 6 nitrogen and oxygen atoms in total. The zero-order valence-corrected chi connectivity index (χ0v) is 16.0. The standard InChI is InChI=1S/C21H25N3O3/c1-4-12(3)24-18(25)16-15-6-5-9-23(15)21(17(16)19(24)26)13-10-11(2)7-8-14(13)22-20(21)27/h7-8,10,12,15-17H,4-6,9H2,1-3H3,(H,22,27)/t12-,15-,16-,17+,21-/m1/s1. The summed E-state index contributed by atoms with van der Waals surface area (Å²) in [4.78, 5) is 43.9. The molecule has 1 aromatic rings. The molecule has 0 aromatic heterocycles. The van der Waals surface area contributed by atoms with Crippen molar-refractivity contribution in [3.05, 3.63) is 29.3 Å². The Balaban J connectivity index is 1.74. The average molecular weight is 367 g/mol. The summed E-state index contributed by atoms with van der Waals surface area (Å²) in [7, 11) is 0. The molecule has 142 valence electrons. The number of benzene rings is 1. The van der Waals surface area contributed by atoms with Gasteiger partial charge in [0.2, 0.25) is 17.7 Å². The predicted octanol–water partition coefficient (Wildman–Crippen LogP) is 2.02. The van der Waals surface area contributed by atoms with E-state index in [0.29, 0.717) is 0 Å². The van der Waals surface area contributed by atoms with E-state index in [4.69, 9.17) is 0 Å². The molecule has 3 fully saturated rings. The number of carbonyl (C=O) groups is 3. The number of hydrogen-bond donors (Lipinski definition) is 1. The van der Waals surface area contributed by atoms with E-state index in [0.717, 1.165) is 42.6 Å². The molecule has 0 radical (unpaired) electrons. The Morgan fingerprint density at radius 2 is 2.04 bits per heavy atom. The van der Waals surface area contributed by atoms with Crippen LogP contribution in [0.4, 0.5) is 5.69 Å². The number of likely N-dealkylation sites (tertiary alicyclic amines) is 1. The molecule has 0 aliphatic carbocycles. The number of hydrogen-bond acceptors (Lipinski definition) is 4. The van der Waals surface area contributed by atoms with E-state index < -0.39 is 17.4 Å². The molecule has 5 rings (SSSR count). The van der Waals surface area contributed by atoms with Crippen LogP contribution in [0.2, 0.25) is 0 Å². The highest BCUT2D eigenvalue weighted by molar-refractivity contribution is 6.15. The summed E-state index contributed by atoms with van der Waals surface area (Å²) in [6.07, 6.45) is 2.54. The van der Waals surface area contributed by atoms with Crippen molar-refractivity contribution in [1.82, 2.24) is 9.80 Å². The third-order valence-corrected chi connectivity index (χ3v) is 7.21. The van der Waals surface area contributed by atoms with Gasteiger partial charge in [-0.1, -0.05) is 24.6 Å². The minimum absolute atomic E-state index is 0.0299. The molecule has 0 saturated carbocycles. The van der Waals surface area contributed by atoms with Gasteiger partial charge in [0.05, 0.1) is 11.8 Å². The first-order chi connectivity index (χ1) is 12.9. The number of fused-ring (bicyclic) bond motifs is 7. The zero-order valence-electron chi connectivity index (χ0n) is 16.0. The van der Waals surface area contributed by atoms with Crippen LogP contribution in [0.3, 0.4) is 0 Å². The van der Waals surface area contributed by atoms with Crippen LogP contribution in [0.25, 0.3) is 0 Å². The van der Waals surface area contributed by atoms with Crippen molar-refractivity contribution in [1.29, 1.82) is 0 Å². The number of rotatable bonds is 2. The van der Waals surface area contributed by atoms with Gasteiger partial charge in [0, 0.05) is 23.3 Å². The molecule has 0 bridgehead atoms. The molecule has 1 aromatic carbocycles. The smallest absolute Gasteiger partial charge is 0.250 e. The maximum atomic E-state index is 13.5. The molecule has 1 N–H and O–H groups in total. The van der Waals surface area contributed by atoms with E-state index in [-0.39, 0.29) is 29.8 Å². The van der Waals surface area contributed by atoms with Crippen molar-refractivity contribution in [2.24, 2.45) is 11.8 Å².